The van der Waals surface area contributed by atoms with Crippen molar-refractivity contribution < 1.29 is 18.4 Å². The van der Waals surface area contributed by atoms with Crippen LogP contribution in [0.15, 0.2) is 12.2 Å². The van der Waals surface area contributed by atoms with Gasteiger partial charge in [-0.2, -0.15) is 0 Å². The van der Waals surface area contributed by atoms with Gasteiger partial charge in [0.25, 0.3) is 0 Å². The van der Waals surface area contributed by atoms with Crippen LogP contribution in [-0.4, -0.2) is 35.6 Å². The molecule has 0 spiro atoms. The molecule has 0 aromatic heterocycles. The maximum atomic E-state index is 11.3. The number of carbonyl (C=O) groups excluding carboxylic acids is 1. The highest BCUT2D eigenvalue weighted by Crippen LogP contribution is 2.12. The molecule has 1 atom stereocenters. The minimum atomic E-state index is -1.55. The zero-order valence-corrected chi connectivity index (χ0v) is 11.8. The molecule has 0 amide bonds. The van der Waals surface area contributed by atoms with E-state index in [1.54, 1.807) is 21.1 Å². The Hall–Kier alpha value is -0.653. The molecule has 0 aliphatic rings. The van der Waals surface area contributed by atoms with Crippen LogP contribution in [0.25, 0.3) is 0 Å². The van der Waals surface area contributed by atoms with Gasteiger partial charge in [0, 0.05) is 19.8 Å². The number of hydrogen-bond donors (Lipinski definition) is 0. The molecular weight excluding hydrogens is 224 g/mol. The summed E-state index contributed by atoms with van der Waals surface area (Å²) < 4.78 is 15.7. The number of hydrogen-bond acceptors (Lipinski definition) is 4. The Kier molecular flexibility index (Phi) is 8.15. The summed E-state index contributed by atoms with van der Waals surface area (Å²) in [6, 6.07) is 0.842. The van der Waals surface area contributed by atoms with Crippen LogP contribution in [0.2, 0.25) is 6.04 Å². The fourth-order valence-electron chi connectivity index (χ4n) is 1.25. The standard InChI is InChI=1S/C11H22O4Si/c1-6-10(15-11(12)9(2)3)7-8-16(13-4)14-5/h10,16H,2,6-8H2,1,3-5H3. The summed E-state index contributed by atoms with van der Waals surface area (Å²) in [5, 5.41) is 0. The molecule has 5 heteroatoms. The van der Waals surface area contributed by atoms with Crippen molar-refractivity contribution in [3.8, 4) is 0 Å². The van der Waals surface area contributed by atoms with Gasteiger partial charge < -0.3 is 13.6 Å². The zero-order chi connectivity index (χ0) is 12.6. The molecule has 1 unspecified atom stereocenters. The Morgan fingerprint density at radius 2 is 1.94 bits per heavy atom. The molecule has 4 nitrogen and oxygen atoms in total. The predicted molar refractivity (Wildman–Crippen MR) is 65.6 cm³/mol. The molecule has 0 saturated heterocycles. The van der Waals surface area contributed by atoms with E-state index in [1.807, 2.05) is 6.92 Å². The van der Waals surface area contributed by atoms with Crippen LogP contribution in [0.3, 0.4) is 0 Å². The van der Waals surface area contributed by atoms with E-state index in [2.05, 4.69) is 6.58 Å². The van der Waals surface area contributed by atoms with Gasteiger partial charge in [0.1, 0.15) is 6.10 Å². The van der Waals surface area contributed by atoms with Crippen molar-refractivity contribution in [2.24, 2.45) is 0 Å². The zero-order valence-electron chi connectivity index (χ0n) is 10.6. The maximum Gasteiger partial charge on any atom is 0.333 e. The summed E-state index contributed by atoms with van der Waals surface area (Å²) >= 11 is 0. The molecule has 0 saturated carbocycles. The van der Waals surface area contributed by atoms with Gasteiger partial charge in [-0.25, -0.2) is 4.79 Å². The monoisotopic (exact) mass is 246 g/mol. The van der Waals surface area contributed by atoms with Crippen LogP contribution in [0, 0.1) is 0 Å². The van der Waals surface area contributed by atoms with E-state index in [9.17, 15) is 4.79 Å². The van der Waals surface area contributed by atoms with E-state index in [-0.39, 0.29) is 12.1 Å². The SMILES string of the molecule is C=C(C)C(=O)OC(CC)CC[SiH](OC)OC. The third kappa shape index (κ3) is 6.04. The van der Waals surface area contributed by atoms with E-state index >= 15 is 0 Å². The fraction of sp³-hybridized carbons (Fsp3) is 0.727. The molecule has 0 fully saturated rings. The first-order valence-corrected chi connectivity index (χ1v) is 7.23. The van der Waals surface area contributed by atoms with Crippen LogP contribution in [-0.2, 0) is 18.4 Å². The molecular formula is C11H22O4Si. The second-order valence-corrected chi connectivity index (χ2v) is 6.07. The van der Waals surface area contributed by atoms with Crippen molar-refractivity contribution >= 4 is 15.3 Å². The quantitative estimate of drug-likeness (QED) is 0.372. The van der Waals surface area contributed by atoms with Crippen LogP contribution in [0.5, 0.6) is 0 Å². The van der Waals surface area contributed by atoms with Crippen molar-refractivity contribution in [2.75, 3.05) is 14.2 Å². The lowest BCUT2D eigenvalue weighted by Crippen LogP contribution is -2.24. The lowest BCUT2D eigenvalue weighted by Gasteiger charge is -2.18. The lowest BCUT2D eigenvalue weighted by atomic mass is 10.2. The minimum Gasteiger partial charge on any atom is -0.459 e. The summed E-state index contributed by atoms with van der Waals surface area (Å²) in [7, 11) is 1.76. The van der Waals surface area contributed by atoms with Gasteiger partial charge in [-0.05, 0) is 25.8 Å². The first-order chi connectivity index (χ1) is 7.54. The maximum absolute atomic E-state index is 11.3. The number of ether oxygens (including phenoxy) is 1. The van der Waals surface area contributed by atoms with Crippen molar-refractivity contribution in [3.63, 3.8) is 0 Å². The van der Waals surface area contributed by atoms with E-state index in [4.69, 9.17) is 13.6 Å². The Bertz CT molecular complexity index is 226. The molecule has 0 rings (SSSR count). The van der Waals surface area contributed by atoms with Gasteiger partial charge in [0.05, 0.1) is 0 Å². The Balaban J connectivity index is 4.00. The molecule has 0 radical (unpaired) electrons. The molecule has 16 heavy (non-hydrogen) atoms. The van der Waals surface area contributed by atoms with E-state index < -0.39 is 9.28 Å². The Morgan fingerprint density at radius 1 is 1.38 bits per heavy atom. The average Bonchev–Trinajstić information content (AvgIpc) is 2.28. The summed E-state index contributed by atoms with van der Waals surface area (Å²) in [5.74, 6) is -0.320. The van der Waals surface area contributed by atoms with Crippen molar-refractivity contribution in [1.29, 1.82) is 0 Å². The van der Waals surface area contributed by atoms with Gasteiger partial charge in [0.2, 0.25) is 0 Å². The third-order valence-electron chi connectivity index (χ3n) is 2.33. The highest BCUT2D eigenvalue weighted by Gasteiger charge is 2.17. The normalized spacial score (nSPS) is 12.6. The van der Waals surface area contributed by atoms with Crippen molar-refractivity contribution in [1.82, 2.24) is 0 Å². The highest BCUT2D eigenvalue weighted by molar-refractivity contribution is 6.44. The van der Waals surface area contributed by atoms with Crippen LogP contribution >= 0.6 is 0 Å². The third-order valence-corrected chi connectivity index (χ3v) is 4.18. The minimum absolute atomic E-state index is 0.0653. The second kappa shape index (κ2) is 8.49. The molecule has 0 bridgehead atoms. The molecule has 0 aromatic carbocycles. The molecule has 0 aliphatic heterocycles. The Morgan fingerprint density at radius 3 is 2.31 bits per heavy atom. The van der Waals surface area contributed by atoms with Crippen LogP contribution in [0.4, 0.5) is 0 Å². The topological polar surface area (TPSA) is 44.8 Å². The fourth-order valence-corrected chi connectivity index (χ4v) is 2.56. The van der Waals surface area contributed by atoms with Gasteiger partial charge >= 0.3 is 15.3 Å². The Labute approximate surface area is 99.4 Å². The van der Waals surface area contributed by atoms with Crippen LogP contribution < -0.4 is 0 Å². The van der Waals surface area contributed by atoms with Gasteiger partial charge in [-0.3, -0.25) is 0 Å². The van der Waals surface area contributed by atoms with Gasteiger partial charge in [0.15, 0.2) is 0 Å². The average molecular weight is 246 g/mol. The summed E-state index contributed by atoms with van der Waals surface area (Å²) in [4.78, 5) is 11.3. The molecule has 0 aromatic rings. The van der Waals surface area contributed by atoms with E-state index in [0.717, 1.165) is 18.9 Å². The summed E-state index contributed by atoms with van der Waals surface area (Å²) in [5.41, 5.74) is 0.436. The highest BCUT2D eigenvalue weighted by atomic mass is 28.3. The van der Waals surface area contributed by atoms with Crippen molar-refractivity contribution in [2.45, 2.75) is 38.8 Å². The first-order valence-electron chi connectivity index (χ1n) is 5.47. The molecule has 0 heterocycles. The predicted octanol–water partition coefficient (Wildman–Crippen LogP) is 1.79. The van der Waals surface area contributed by atoms with Gasteiger partial charge in [-0.1, -0.05) is 13.5 Å². The number of carbonyl (C=O) groups is 1. The van der Waals surface area contributed by atoms with Gasteiger partial charge in [-0.15, -0.1) is 0 Å². The summed E-state index contributed by atoms with van der Waals surface area (Å²) in [6.07, 6.45) is 1.52. The first kappa shape index (κ1) is 15.3. The van der Waals surface area contributed by atoms with Crippen molar-refractivity contribution in [3.05, 3.63) is 12.2 Å². The summed E-state index contributed by atoms with van der Waals surface area (Å²) in [6.45, 7) is 7.20. The number of rotatable bonds is 8. The second-order valence-electron chi connectivity index (χ2n) is 3.69. The largest absolute Gasteiger partial charge is 0.459 e. The van der Waals surface area contributed by atoms with E-state index in [0.29, 0.717) is 5.57 Å². The molecule has 94 valence electrons. The molecule has 0 N–H and O–H groups in total. The lowest BCUT2D eigenvalue weighted by molar-refractivity contribution is -0.144. The smallest absolute Gasteiger partial charge is 0.333 e. The number of esters is 1. The van der Waals surface area contributed by atoms with Crippen LogP contribution in [0.1, 0.15) is 26.7 Å². The van der Waals surface area contributed by atoms with E-state index in [1.165, 1.54) is 0 Å². The molecule has 0 aliphatic carbocycles.